The van der Waals surface area contributed by atoms with E-state index in [9.17, 15) is 0 Å². The molecule has 5 rings (SSSR count). The molecule has 1 N–H and O–H groups in total. The molecule has 1 aliphatic heterocycles. The number of rotatable bonds is 5. The quantitative estimate of drug-likeness (QED) is 0.597. The molecule has 5 heterocycles. The van der Waals surface area contributed by atoms with Gasteiger partial charge in [0.1, 0.15) is 11.3 Å². The molecular formula is C19H19N5O2. The van der Waals surface area contributed by atoms with Crippen LogP contribution in [0.25, 0.3) is 28.1 Å². The Kier molecular flexibility index (Phi) is 3.79. The highest BCUT2D eigenvalue weighted by molar-refractivity contribution is 5.81. The smallest absolute Gasteiger partial charge is 0.231 e. The van der Waals surface area contributed by atoms with Gasteiger partial charge in [0.15, 0.2) is 11.4 Å². The number of fused-ring (bicyclic) bond motifs is 2. The van der Waals surface area contributed by atoms with Crippen molar-refractivity contribution in [2.75, 3.05) is 13.2 Å². The van der Waals surface area contributed by atoms with E-state index in [1.54, 1.807) is 23.1 Å². The normalized spacial score (nSPS) is 17.3. The van der Waals surface area contributed by atoms with Crippen molar-refractivity contribution in [1.82, 2.24) is 24.9 Å². The van der Waals surface area contributed by atoms with Gasteiger partial charge in [0.25, 0.3) is 0 Å². The largest absolute Gasteiger partial charge is 0.477 e. The molecule has 1 aliphatic rings. The Morgan fingerprint density at radius 1 is 1.27 bits per heavy atom. The van der Waals surface area contributed by atoms with E-state index in [0.29, 0.717) is 24.3 Å². The minimum atomic E-state index is 0.562. The lowest BCUT2D eigenvalue weighted by atomic mass is 10.2. The number of ether oxygens (including phenoxy) is 1. The third-order valence-electron chi connectivity index (χ3n) is 4.79. The van der Waals surface area contributed by atoms with Crippen molar-refractivity contribution < 1.29 is 9.15 Å². The fourth-order valence-corrected chi connectivity index (χ4v) is 3.42. The highest BCUT2D eigenvalue weighted by Crippen LogP contribution is 2.27. The number of aromatic nitrogens is 4. The zero-order valence-corrected chi connectivity index (χ0v) is 14.3. The van der Waals surface area contributed by atoms with E-state index in [0.717, 1.165) is 35.3 Å². The minimum absolute atomic E-state index is 0.562. The summed E-state index contributed by atoms with van der Waals surface area (Å²) in [6.07, 6.45) is 8.73. The van der Waals surface area contributed by atoms with Crippen LogP contribution in [0.1, 0.15) is 19.3 Å². The van der Waals surface area contributed by atoms with Gasteiger partial charge in [0, 0.05) is 29.9 Å². The molecule has 0 saturated carbocycles. The summed E-state index contributed by atoms with van der Waals surface area (Å²) in [5, 5.41) is 9.01. The standard InChI is InChI=1S/C19H19N5O2/c1-2-14(21-7-1)6-9-25-19-4-3-18-22-12-15(24(18)23-19)17-10-13-11-20-8-5-16(13)26-17/h3-5,8,10-12,14,21H,1-2,6-7,9H2/t14-/m0/s1. The molecule has 4 aromatic rings. The lowest BCUT2D eigenvalue weighted by Gasteiger charge is -2.10. The van der Waals surface area contributed by atoms with Gasteiger partial charge in [-0.3, -0.25) is 4.98 Å². The van der Waals surface area contributed by atoms with Crippen molar-refractivity contribution in [3.63, 3.8) is 0 Å². The van der Waals surface area contributed by atoms with Gasteiger partial charge in [-0.2, -0.15) is 0 Å². The Hall–Kier alpha value is -2.93. The molecule has 0 spiro atoms. The molecule has 7 heteroatoms. The zero-order valence-electron chi connectivity index (χ0n) is 14.3. The minimum Gasteiger partial charge on any atom is -0.477 e. The number of furan rings is 1. The maximum Gasteiger partial charge on any atom is 0.231 e. The number of pyridine rings is 1. The van der Waals surface area contributed by atoms with Crippen molar-refractivity contribution >= 4 is 16.6 Å². The summed E-state index contributed by atoms with van der Waals surface area (Å²) in [7, 11) is 0. The summed E-state index contributed by atoms with van der Waals surface area (Å²) in [5.41, 5.74) is 2.34. The van der Waals surface area contributed by atoms with E-state index in [1.807, 2.05) is 24.3 Å². The Bertz CT molecular complexity index is 1020. The summed E-state index contributed by atoms with van der Waals surface area (Å²) in [5.74, 6) is 1.30. The lowest BCUT2D eigenvalue weighted by Crippen LogP contribution is -2.23. The molecule has 7 nitrogen and oxygen atoms in total. The van der Waals surface area contributed by atoms with Crippen LogP contribution in [0.5, 0.6) is 5.88 Å². The van der Waals surface area contributed by atoms with Gasteiger partial charge in [0.05, 0.1) is 12.8 Å². The molecule has 0 amide bonds. The molecule has 1 atom stereocenters. The average molecular weight is 349 g/mol. The number of hydrogen-bond donors (Lipinski definition) is 1. The maximum absolute atomic E-state index is 5.92. The second kappa shape index (κ2) is 6.42. The van der Waals surface area contributed by atoms with E-state index in [1.165, 1.54) is 12.8 Å². The van der Waals surface area contributed by atoms with Crippen molar-refractivity contribution in [1.29, 1.82) is 0 Å². The second-order valence-electron chi connectivity index (χ2n) is 6.54. The summed E-state index contributed by atoms with van der Waals surface area (Å²) in [6, 6.07) is 8.13. The fraction of sp³-hybridized carbons (Fsp3) is 0.316. The van der Waals surface area contributed by atoms with Crippen molar-refractivity contribution in [3.8, 4) is 17.3 Å². The first-order chi connectivity index (χ1) is 12.9. The molecule has 1 saturated heterocycles. The third-order valence-corrected chi connectivity index (χ3v) is 4.79. The fourth-order valence-electron chi connectivity index (χ4n) is 3.42. The molecule has 4 aromatic heterocycles. The van der Waals surface area contributed by atoms with Crippen LogP contribution in [-0.4, -0.2) is 38.8 Å². The van der Waals surface area contributed by atoms with E-state index in [4.69, 9.17) is 9.15 Å². The number of hydrogen-bond acceptors (Lipinski definition) is 6. The Balaban J connectivity index is 1.41. The van der Waals surface area contributed by atoms with Crippen LogP contribution in [-0.2, 0) is 0 Å². The van der Waals surface area contributed by atoms with Gasteiger partial charge in [-0.25, -0.2) is 9.50 Å². The van der Waals surface area contributed by atoms with Crippen LogP contribution in [0.3, 0.4) is 0 Å². The maximum atomic E-state index is 5.92. The lowest BCUT2D eigenvalue weighted by molar-refractivity contribution is 0.278. The van der Waals surface area contributed by atoms with Crippen LogP contribution < -0.4 is 10.1 Å². The molecule has 26 heavy (non-hydrogen) atoms. The van der Waals surface area contributed by atoms with Gasteiger partial charge in [-0.1, -0.05) is 0 Å². The SMILES string of the molecule is c1cc2oc(-c3cnc4ccc(OCC[C@@H]5CCCN5)nn34)cc2cn1. The molecular weight excluding hydrogens is 330 g/mol. The molecule has 132 valence electrons. The van der Waals surface area contributed by atoms with Crippen LogP contribution >= 0.6 is 0 Å². The number of imidazole rings is 1. The van der Waals surface area contributed by atoms with Crippen LogP contribution in [0.4, 0.5) is 0 Å². The predicted molar refractivity (Wildman–Crippen MR) is 97.1 cm³/mol. The summed E-state index contributed by atoms with van der Waals surface area (Å²) < 4.78 is 13.5. The Labute approximate surface area is 150 Å². The predicted octanol–water partition coefficient (Wildman–Crippen LogP) is 3.06. The molecule has 0 aliphatic carbocycles. The van der Waals surface area contributed by atoms with Crippen LogP contribution in [0.15, 0.2) is 47.3 Å². The topological polar surface area (TPSA) is 77.5 Å². The van der Waals surface area contributed by atoms with Crippen LogP contribution in [0.2, 0.25) is 0 Å². The second-order valence-corrected chi connectivity index (χ2v) is 6.54. The zero-order chi connectivity index (χ0) is 17.3. The summed E-state index contributed by atoms with van der Waals surface area (Å²) in [4.78, 5) is 8.54. The average Bonchev–Trinajstić information content (AvgIpc) is 3.40. The van der Waals surface area contributed by atoms with E-state index in [-0.39, 0.29) is 0 Å². The Morgan fingerprint density at radius 2 is 2.27 bits per heavy atom. The third kappa shape index (κ3) is 2.80. The highest BCUT2D eigenvalue weighted by atomic mass is 16.5. The van der Waals surface area contributed by atoms with Gasteiger partial charge in [-0.15, -0.1) is 5.10 Å². The van der Waals surface area contributed by atoms with Gasteiger partial charge < -0.3 is 14.5 Å². The summed E-state index contributed by atoms with van der Waals surface area (Å²) in [6.45, 7) is 1.76. The van der Waals surface area contributed by atoms with E-state index < -0.39 is 0 Å². The first-order valence-corrected chi connectivity index (χ1v) is 8.92. The van der Waals surface area contributed by atoms with Gasteiger partial charge >= 0.3 is 0 Å². The highest BCUT2D eigenvalue weighted by Gasteiger charge is 2.15. The molecule has 0 bridgehead atoms. The molecule has 1 fully saturated rings. The first-order valence-electron chi connectivity index (χ1n) is 8.92. The van der Waals surface area contributed by atoms with Crippen molar-refractivity contribution in [2.24, 2.45) is 0 Å². The van der Waals surface area contributed by atoms with E-state index >= 15 is 0 Å². The number of nitrogens with one attached hydrogen (secondary N) is 1. The van der Waals surface area contributed by atoms with Crippen molar-refractivity contribution in [2.45, 2.75) is 25.3 Å². The molecule has 0 aromatic carbocycles. The Morgan fingerprint density at radius 3 is 3.15 bits per heavy atom. The molecule has 0 unspecified atom stereocenters. The van der Waals surface area contributed by atoms with E-state index in [2.05, 4.69) is 20.4 Å². The summed E-state index contributed by atoms with van der Waals surface area (Å²) >= 11 is 0. The van der Waals surface area contributed by atoms with Crippen molar-refractivity contribution in [3.05, 3.63) is 42.9 Å². The first kappa shape index (κ1) is 15.3. The van der Waals surface area contributed by atoms with Gasteiger partial charge in [0.2, 0.25) is 5.88 Å². The molecule has 0 radical (unpaired) electrons. The monoisotopic (exact) mass is 349 g/mol. The van der Waals surface area contributed by atoms with Gasteiger partial charge in [-0.05, 0) is 44.0 Å². The number of nitrogens with zero attached hydrogens (tertiary/aromatic N) is 4. The van der Waals surface area contributed by atoms with Crippen LogP contribution in [0, 0.1) is 0 Å².